The predicted octanol–water partition coefficient (Wildman–Crippen LogP) is 4.03. The van der Waals surface area contributed by atoms with Crippen LogP contribution in [0, 0.1) is 0 Å². The van der Waals surface area contributed by atoms with Gasteiger partial charge in [0, 0.05) is 31.6 Å². The second-order valence-electron chi connectivity index (χ2n) is 7.16. The maximum Gasteiger partial charge on any atom is 0.257 e. The Labute approximate surface area is 178 Å². The minimum Gasteiger partial charge on any atom is -0.507 e. The van der Waals surface area contributed by atoms with Gasteiger partial charge in [-0.15, -0.1) is 11.3 Å². The number of aromatic nitrogens is 2. The normalized spacial score (nSPS) is 14.3. The molecule has 3 heterocycles. The van der Waals surface area contributed by atoms with Crippen molar-refractivity contribution in [3.05, 3.63) is 71.6 Å². The van der Waals surface area contributed by atoms with Gasteiger partial charge in [0.2, 0.25) is 0 Å². The summed E-state index contributed by atoms with van der Waals surface area (Å²) in [5.41, 5.74) is 1.26. The molecule has 6 nitrogen and oxygen atoms in total. The number of benzene rings is 2. The Kier molecular flexibility index (Phi) is 4.80. The Bertz CT molecular complexity index is 1200. The van der Waals surface area contributed by atoms with Gasteiger partial charge >= 0.3 is 0 Å². The Morgan fingerprint density at radius 3 is 2.43 bits per heavy atom. The fourth-order valence-electron chi connectivity index (χ4n) is 3.76. The number of hydrogen-bond donors (Lipinski definition) is 1. The third kappa shape index (κ3) is 3.37. The zero-order valence-corrected chi connectivity index (χ0v) is 17.0. The smallest absolute Gasteiger partial charge is 0.257 e. The molecular weight excluding hydrogens is 396 g/mol. The van der Waals surface area contributed by atoms with E-state index in [1.165, 1.54) is 0 Å². The SMILES string of the molecule is O=C(c1ccccc1O)N1CCN(c2nc(-c3cccs3)nc3ccccc23)CC1. The zero-order valence-electron chi connectivity index (χ0n) is 16.2. The van der Waals surface area contributed by atoms with E-state index in [4.69, 9.17) is 9.97 Å². The van der Waals surface area contributed by atoms with Crippen LogP contribution in [0.2, 0.25) is 0 Å². The van der Waals surface area contributed by atoms with Crippen LogP contribution in [0.3, 0.4) is 0 Å². The zero-order chi connectivity index (χ0) is 20.5. The van der Waals surface area contributed by atoms with Gasteiger partial charge < -0.3 is 14.9 Å². The summed E-state index contributed by atoms with van der Waals surface area (Å²) in [7, 11) is 0. The maximum absolute atomic E-state index is 12.8. The summed E-state index contributed by atoms with van der Waals surface area (Å²) in [6.45, 7) is 2.48. The van der Waals surface area contributed by atoms with Crippen LogP contribution in [-0.2, 0) is 0 Å². The lowest BCUT2D eigenvalue weighted by atomic mass is 10.1. The summed E-state index contributed by atoms with van der Waals surface area (Å²) < 4.78 is 0. The molecule has 0 atom stereocenters. The summed E-state index contributed by atoms with van der Waals surface area (Å²) in [5, 5.41) is 13.0. The minimum atomic E-state index is -0.139. The molecule has 30 heavy (non-hydrogen) atoms. The molecule has 1 amide bonds. The third-order valence-corrected chi connectivity index (χ3v) is 6.19. The number of anilines is 1. The molecule has 0 radical (unpaired) electrons. The van der Waals surface area contributed by atoms with Gasteiger partial charge in [0.25, 0.3) is 5.91 Å². The van der Waals surface area contributed by atoms with Crippen molar-refractivity contribution < 1.29 is 9.90 Å². The lowest BCUT2D eigenvalue weighted by molar-refractivity contribution is 0.0743. The molecule has 1 N–H and O–H groups in total. The maximum atomic E-state index is 12.8. The summed E-state index contributed by atoms with van der Waals surface area (Å²) >= 11 is 1.62. The van der Waals surface area contributed by atoms with Crippen molar-refractivity contribution in [2.45, 2.75) is 0 Å². The molecule has 150 valence electrons. The highest BCUT2D eigenvalue weighted by Gasteiger charge is 2.25. The molecule has 4 aromatic rings. The van der Waals surface area contributed by atoms with Crippen LogP contribution in [0.5, 0.6) is 5.75 Å². The molecule has 0 bridgehead atoms. The first kappa shape index (κ1) is 18.6. The quantitative estimate of drug-likeness (QED) is 0.546. The van der Waals surface area contributed by atoms with E-state index in [-0.39, 0.29) is 11.7 Å². The van der Waals surface area contributed by atoms with Crippen LogP contribution >= 0.6 is 11.3 Å². The molecule has 2 aromatic heterocycles. The van der Waals surface area contributed by atoms with Crippen molar-refractivity contribution in [2.24, 2.45) is 0 Å². The predicted molar refractivity (Wildman–Crippen MR) is 119 cm³/mol. The highest BCUT2D eigenvalue weighted by Crippen LogP contribution is 2.30. The highest BCUT2D eigenvalue weighted by molar-refractivity contribution is 7.13. The van der Waals surface area contributed by atoms with Crippen molar-refractivity contribution >= 4 is 34.0 Å². The topological polar surface area (TPSA) is 69.6 Å². The number of hydrogen-bond acceptors (Lipinski definition) is 6. The van der Waals surface area contributed by atoms with Crippen LogP contribution in [0.4, 0.5) is 5.82 Å². The summed E-state index contributed by atoms with van der Waals surface area (Å²) in [4.78, 5) is 27.5. The van der Waals surface area contributed by atoms with E-state index in [0.717, 1.165) is 27.4 Å². The van der Waals surface area contributed by atoms with Crippen LogP contribution in [0.1, 0.15) is 10.4 Å². The molecule has 0 aliphatic carbocycles. The lowest BCUT2D eigenvalue weighted by Gasteiger charge is -2.36. The van der Waals surface area contributed by atoms with Gasteiger partial charge in [0.1, 0.15) is 11.6 Å². The van der Waals surface area contributed by atoms with E-state index >= 15 is 0 Å². The van der Waals surface area contributed by atoms with Crippen molar-refractivity contribution in [1.82, 2.24) is 14.9 Å². The van der Waals surface area contributed by atoms with Crippen LogP contribution in [-0.4, -0.2) is 52.1 Å². The van der Waals surface area contributed by atoms with Gasteiger partial charge in [-0.3, -0.25) is 4.79 Å². The molecule has 0 unspecified atom stereocenters. The van der Waals surface area contributed by atoms with Gasteiger partial charge in [-0.05, 0) is 35.7 Å². The number of amides is 1. The Morgan fingerprint density at radius 2 is 1.67 bits per heavy atom. The van der Waals surface area contributed by atoms with Crippen LogP contribution < -0.4 is 4.90 Å². The second-order valence-corrected chi connectivity index (χ2v) is 8.11. The molecule has 0 saturated carbocycles. The van der Waals surface area contributed by atoms with Gasteiger partial charge in [-0.1, -0.05) is 30.3 Å². The third-order valence-electron chi connectivity index (χ3n) is 5.33. The minimum absolute atomic E-state index is 0.0207. The average Bonchev–Trinajstić information content (AvgIpc) is 3.33. The van der Waals surface area contributed by atoms with E-state index in [9.17, 15) is 9.90 Å². The highest BCUT2D eigenvalue weighted by atomic mass is 32.1. The molecule has 1 fully saturated rings. The van der Waals surface area contributed by atoms with E-state index < -0.39 is 0 Å². The Morgan fingerprint density at radius 1 is 0.900 bits per heavy atom. The standard InChI is InChI=1S/C23H20N4O2S/c28-19-9-4-2-7-17(19)23(29)27-13-11-26(12-14-27)22-16-6-1-3-8-18(16)24-21(25-22)20-10-5-15-30-20/h1-10,15,28H,11-14H2. The lowest BCUT2D eigenvalue weighted by Crippen LogP contribution is -2.49. The summed E-state index contributed by atoms with van der Waals surface area (Å²) in [6.07, 6.45) is 0. The van der Waals surface area contributed by atoms with Crippen molar-refractivity contribution in [3.63, 3.8) is 0 Å². The molecule has 1 aliphatic rings. The first-order valence-corrected chi connectivity index (χ1v) is 10.7. The van der Waals surface area contributed by atoms with E-state index in [0.29, 0.717) is 31.7 Å². The number of para-hydroxylation sites is 2. The number of fused-ring (bicyclic) bond motifs is 1. The number of nitrogens with zero attached hydrogens (tertiary/aromatic N) is 4. The number of carbonyl (C=O) groups is 1. The number of piperazine rings is 1. The van der Waals surface area contributed by atoms with Gasteiger partial charge in [0.15, 0.2) is 5.82 Å². The molecule has 1 saturated heterocycles. The number of aromatic hydroxyl groups is 1. The summed E-state index contributed by atoms with van der Waals surface area (Å²) in [5.74, 6) is 1.51. The molecule has 0 spiro atoms. The van der Waals surface area contributed by atoms with E-state index in [1.54, 1.807) is 40.5 Å². The number of thiophene rings is 1. The molecule has 1 aliphatic heterocycles. The first-order chi connectivity index (χ1) is 14.7. The monoisotopic (exact) mass is 416 g/mol. The summed E-state index contributed by atoms with van der Waals surface area (Å²) in [6, 6.07) is 18.8. The Hall–Kier alpha value is -3.45. The second kappa shape index (κ2) is 7.76. The number of phenolic OH excluding ortho intramolecular Hbond substituents is 1. The Balaban J connectivity index is 1.42. The van der Waals surface area contributed by atoms with Crippen molar-refractivity contribution in [1.29, 1.82) is 0 Å². The van der Waals surface area contributed by atoms with Crippen molar-refractivity contribution in [2.75, 3.05) is 31.1 Å². The molecule has 2 aromatic carbocycles. The fourth-order valence-corrected chi connectivity index (χ4v) is 4.42. The molecular formula is C23H20N4O2S. The van der Waals surface area contributed by atoms with Crippen LogP contribution in [0.15, 0.2) is 66.0 Å². The van der Waals surface area contributed by atoms with Gasteiger partial charge in [-0.2, -0.15) is 0 Å². The van der Waals surface area contributed by atoms with E-state index in [1.807, 2.05) is 41.8 Å². The van der Waals surface area contributed by atoms with Crippen molar-refractivity contribution in [3.8, 4) is 16.5 Å². The molecule has 5 rings (SSSR count). The number of rotatable bonds is 3. The van der Waals surface area contributed by atoms with Crippen LogP contribution in [0.25, 0.3) is 21.6 Å². The first-order valence-electron chi connectivity index (χ1n) is 9.83. The van der Waals surface area contributed by atoms with Gasteiger partial charge in [0.05, 0.1) is 16.0 Å². The average molecular weight is 417 g/mol. The number of phenols is 1. The largest absolute Gasteiger partial charge is 0.507 e. The van der Waals surface area contributed by atoms with Gasteiger partial charge in [-0.25, -0.2) is 9.97 Å². The van der Waals surface area contributed by atoms with E-state index in [2.05, 4.69) is 4.90 Å². The molecule has 7 heteroatoms. The fraction of sp³-hybridized carbons (Fsp3) is 0.174. The number of carbonyl (C=O) groups excluding carboxylic acids is 1.